The molecule has 2 aliphatic rings. The summed E-state index contributed by atoms with van der Waals surface area (Å²) >= 11 is 1.98. The summed E-state index contributed by atoms with van der Waals surface area (Å²) in [4.78, 5) is 12.4. The largest absolute Gasteiger partial charge is 0.243 e. The van der Waals surface area contributed by atoms with Crippen molar-refractivity contribution in [2.24, 2.45) is 0 Å². The van der Waals surface area contributed by atoms with Gasteiger partial charge in [0.1, 0.15) is 0 Å². The number of hydrogen-bond acceptors (Lipinski definition) is 3. The second-order valence-electron chi connectivity index (χ2n) is 11.2. The minimum atomic E-state index is 0.414. The third-order valence-electron chi connectivity index (χ3n) is 8.81. The molecule has 6 aromatic carbocycles. The second kappa shape index (κ2) is 9.79. The molecule has 0 saturated carbocycles. The van der Waals surface area contributed by atoms with Gasteiger partial charge in [0.2, 0.25) is 0 Å². The number of nitrogens with zero attached hydrogens (tertiary/aromatic N) is 2. The maximum atomic E-state index is 5.56. The predicted molar refractivity (Wildman–Crippen MR) is 182 cm³/mol. The van der Waals surface area contributed by atoms with E-state index in [0.29, 0.717) is 11.2 Å². The fourth-order valence-corrected chi connectivity index (χ4v) is 8.32. The van der Waals surface area contributed by atoms with Crippen molar-refractivity contribution in [3.8, 4) is 33.6 Å². The number of fused-ring (bicyclic) bond motifs is 9. The summed E-state index contributed by atoms with van der Waals surface area (Å²) in [6.45, 7) is 0. The zero-order valence-electron chi connectivity index (χ0n) is 23.3. The zero-order valence-corrected chi connectivity index (χ0v) is 24.1. The first-order valence-corrected chi connectivity index (χ1v) is 15.6. The van der Waals surface area contributed by atoms with Gasteiger partial charge in [-0.3, -0.25) is 0 Å². The van der Waals surface area contributed by atoms with E-state index < -0.39 is 0 Å². The summed E-state index contributed by atoms with van der Waals surface area (Å²) in [5.41, 5.74) is 9.71. The van der Waals surface area contributed by atoms with Crippen molar-refractivity contribution in [2.75, 3.05) is 0 Å². The van der Waals surface area contributed by atoms with Gasteiger partial charge < -0.3 is 0 Å². The van der Waals surface area contributed by atoms with Gasteiger partial charge in [-0.1, -0.05) is 146 Å². The minimum Gasteiger partial charge on any atom is -0.243 e. The van der Waals surface area contributed by atoms with Crippen LogP contribution in [0.5, 0.6) is 0 Å². The Morgan fingerprint density at radius 3 is 1.79 bits per heavy atom. The Hall–Kier alpha value is -4.99. The van der Waals surface area contributed by atoms with Crippen LogP contribution in [0.25, 0.3) is 66.2 Å². The molecule has 2 nitrogen and oxygen atoms in total. The van der Waals surface area contributed by atoms with E-state index in [1.165, 1.54) is 32.4 Å². The molecular formula is C40H26N2S. The molecule has 0 saturated heterocycles. The molecule has 1 aliphatic carbocycles. The van der Waals surface area contributed by atoms with Gasteiger partial charge in [-0.2, -0.15) is 0 Å². The van der Waals surface area contributed by atoms with E-state index in [0.717, 1.165) is 44.3 Å². The van der Waals surface area contributed by atoms with Crippen LogP contribution in [0.2, 0.25) is 0 Å². The Kier molecular flexibility index (Phi) is 5.60. The minimum absolute atomic E-state index is 0.414. The molecule has 0 spiro atoms. The summed E-state index contributed by atoms with van der Waals surface area (Å²) in [5.74, 6) is 0.414. The van der Waals surface area contributed by atoms with E-state index in [-0.39, 0.29) is 0 Å². The van der Waals surface area contributed by atoms with E-state index in [4.69, 9.17) is 9.97 Å². The van der Waals surface area contributed by atoms with Crippen LogP contribution in [0.4, 0.5) is 0 Å². The number of benzene rings is 6. The van der Waals surface area contributed by atoms with Crippen LogP contribution in [0, 0.1) is 0 Å². The van der Waals surface area contributed by atoms with Crippen LogP contribution in [-0.2, 0) is 0 Å². The fourth-order valence-electron chi connectivity index (χ4n) is 6.85. The average Bonchev–Trinajstić information content (AvgIpc) is 3.47. The van der Waals surface area contributed by atoms with E-state index in [1.54, 1.807) is 0 Å². The molecule has 0 N–H and O–H groups in total. The van der Waals surface area contributed by atoms with Gasteiger partial charge in [0, 0.05) is 38.0 Å². The predicted octanol–water partition coefficient (Wildman–Crippen LogP) is 10.6. The Morgan fingerprint density at radius 2 is 1.05 bits per heavy atom. The van der Waals surface area contributed by atoms with Gasteiger partial charge in [0.05, 0.1) is 22.4 Å². The highest BCUT2D eigenvalue weighted by atomic mass is 32.2. The van der Waals surface area contributed by atoms with Crippen molar-refractivity contribution in [3.63, 3.8) is 0 Å². The second-order valence-corrected chi connectivity index (χ2v) is 12.4. The van der Waals surface area contributed by atoms with E-state index in [2.05, 4.69) is 146 Å². The molecule has 2 atom stereocenters. The van der Waals surface area contributed by atoms with Crippen molar-refractivity contribution >= 4 is 44.3 Å². The maximum Gasteiger partial charge on any atom is 0.0979 e. The molecule has 2 unspecified atom stereocenters. The molecule has 1 aliphatic heterocycles. The number of aromatic nitrogens is 2. The third kappa shape index (κ3) is 3.82. The van der Waals surface area contributed by atoms with Crippen molar-refractivity contribution in [2.45, 2.75) is 16.1 Å². The zero-order chi connectivity index (χ0) is 28.3. The van der Waals surface area contributed by atoms with Gasteiger partial charge in [0.15, 0.2) is 0 Å². The Labute approximate surface area is 254 Å². The number of allylic oxidation sites excluding steroid dienone is 3. The lowest BCUT2D eigenvalue weighted by Crippen LogP contribution is -2.06. The SMILES string of the molecule is C1=CC2Sc3c(-c4ccccc4-c4nc5c6ccccc6c6ccccc6c5nc4-c4ccccc4)cccc3C2C=C1. The van der Waals surface area contributed by atoms with Crippen LogP contribution >= 0.6 is 11.8 Å². The molecule has 1 aromatic heterocycles. The Morgan fingerprint density at radius 1 is 0.465 bits per heavy atom. The van der Waals surface area contributed by atoms with Crippen LogP contribution < -0.4 is 0 Å². The molecule has 0 amide bonds. The topological polar surface area (TPSA) is 25.8 Å². The first-order valence-electron chi connectivity index (χ1n) is 14.8. The molecule has 0 fully saturated rings. The van der Waals surface area contributed by atoms with E-state index >= 15 is 0 Å². The van der Waals surface area contributed by atoms with E-state index in [9.17, 15) is 0 Å². The summed E-state index contributed by atoms with van der Waals surface area (Å²) in [5, 5.41) is 5.09. The van der Waals surface area contributed by atoms with Gasteiger partial charge in [-0.05, 0) is 27.5 Å². The highest BCUT2D eigenvalue weighted by Crippen LogP contribution is 2.53. The first-order chi connectivity index (χ1) is 21.3. The maximum absolute atomic E-state index is 5.56. The quantitative estimate of drug-likeness (QED) is 0.199. The van der Waals surface area contributed by atoms with Gasteiger partial charge >= 0.3 is 0 Å². The number of thioether (sulfide) groups is 1. The van der Waals surface area contributed by atoms with Crippen LogP contribution in [0.15, 0.2) is 151 Å². The lowest BCUT2D eigenvalue weighted by Gasteiger charge is -2.17. The number of rotatable bonds is 3. The summed E-state index contributed by atoms with van der Waals surface area (Å²) in [7, 11) is 0. The molecule has 43 heavy (non-hydrogen) atoms. The highest BCUT2D eigenvalue weighted by molar-refractivity contribution is 8.00. The molecule has 202 valence electrons. The lowest BCUT2D eigenvalue weighted by molar-refractivity contribution is 0.881. The lowest BCUT2D eigenvalue weighted by atomic mass is 9.88. The average molecular weight is 567 g/mol. The van der Waals surface area contributed by atoms with Crippen molar-refractivity contribution in [1.82, 2.24) is 9.97 Å². The fraction of sp³-hybridized carbons (Fsp3) is 0.0500. The van der Waals surface area contributed by atoms with Crippen LogP contribution in [0.3, 0.4) is 0 Å². The monoisotopic (exact) mass is 566 g/mol. The number of hydrogen-bond donors (Lipinski definition) is 0. The first kappa shape index (κ1) is 24.6. The molecule has 2 heterocycles. The van der Waals surface area contributed by atoms with Crippen molar-refractivity contribution < 1.29 is 0 Å². The van der Waals surface area contributed by atoms with Crippen LogP contribution in [-0.4, -0.2) is 15.2 Å². The standard InChI is InChI=1S/C40H26N2S/c1-2-13-25(14-3-1)36-37(42-39-31-20-8-5-16-27(31)26-15-4-7-19-30(26)38(39)41-36)32-21-9-6-17-28(32)33-22-12-23-34-29-18-10-11-24-35(29)43-40(33)34/h1-24,29,35H. The van der Waals surface area contributed by atoms with Gasteiger partial charge in [-0.15, -0.1) is 11.8 Å². The smallest absolute Gasteiger partial charge is 0.0979 e. The molecule has 0 bridgehead atoms. The summed E-state index contributed by atoms with van der Waals surface area (Å²) < 4.78 is 0. The molecule has 7 aromatic rings. The molecule has 0 radical (unpaired) electrons. The Bertz CT molecular complexity index is 2280. The molecular weight excluding hydrogens is 541 g/mol. The van der Waals surface area contributed by atoms with Gasteiger partial charge in [0.25, 0.3) is 0 Å². The molecule has 9 rings (SSSR count). The van der Waals surface area contributed by atoms with E-state index in [1.807, 2.05) is 11.8 Å². The van der Waals surface area contributed by atoms with Crippen molar-refractivity contribution in [3.05, 3.63) is 151 Å². The van der Waals surface area contributed by atoms with Crippen LogP contribution in [0.1, 0.15) is 11.5 Å². The molecule has 3 heteroatoms. The Balaban J connectivity index is 1.37. The highest BCUT2D eigenvalue weighted by Gasteiger charge is 2.33. The third-order valence-corrected chi connectivity index (χ3v) is 10.2. The summed E-state index contributed by atoms with van der Waals surface area (Å²) in [6, 6.07) is 43.2. The van der Waals surface area contributed by atoms with Gasteiger partial charge in [-0.25, -0.2) is 9.97 Å². The summed E-state index contributed by atoms with van der Waals surface area (Å²) in [6.07, 6.45) is 9.04. The normalized spacial score (nSPS) is 17.0. The van der Waals surface area contributed by atoms with Crippen molar-refractivity contribution in [1.29, 1.82) is 0 Å².